The number of likely N-dealkylation sites (N-methyl/N-ethyl adjacent to an activating group) is 1. The van der Waals surface area contributed by atoms with Gasteiger partial charge in [-0.05, 0) is 52.9 Å². The number of carbonyl (C=O) groups is 1. The second-order valence-corrected chi connectivity index (χ2v) is 7.49. The van der Waals surface area contributed by atoms with E-state index in [0.717, 1.165) is 18.5 Å². The number of rotatable bonds is 2. The van der Waals surface area contributed by atoms with Gasteiger partial charge in [0.05, 0.1) is 6.04 Å². The molecule has 28 heavy (non-hydrogen) atoms. The molecule has 0 saturated carbocycles. The summed E-state index contributed by atoms with van der Waals surface area (Å²) in [6, 6.07) is 24.4. The number of hydrogen-bond donors (Lipinski definition) is 0. The molecule has 1 amide bonds. The maximum Gasteiger partial charge on any atom is 0.258 e. The molecule has 1 atom stereocenters. The maximum absolute atomic E-state index is 13.3. The summed E-state index contributed by atoms with van der Waals surface area (Å²) in [6.45, 7) is 1.05. The van der Waals surface area contributed by atoms with Gasteiger partial charge in [-0.25, -0.2) is 0 Å². The SMILES string of the molecule is CN1CCc2cc([C@@H]3c4ccccc4C=CN3C(=O)c3ccccc3)ccc21. The van der Waals surface area contributed by atoms with Crippen molar-refractivity contribution in [3.63, 3.8) is 0 Å². The van der Waals surface area contributed by atoms with Gasteiger partial charge in [-0.1, -0.05) is 54.6 Å². The van der Waals surface area contributed by atoms with E-state index in [1.54, 1.807) is 0 Å². The van der Waals surface area contributed by atoms with Crippen molar-refractivity contribution in [2.45, 2.75) is 12.5 Å². The number of hydrogen-bond acceptors (Lipinski definition) is 2. The maximum atomic E-state index is 13.3. The Morgan fingerprint density at radius 3 is 2.61 bits per heavy atom. The van der Waals surface area contributed by atoms with Crippen molar-refractivity contribution in [3.05, 3.63) is 107 Å². The largest absolute Gasteiger partial charge is 0.374 e. The van der Waals surface area contributed by atoms with Gasteiger partial charge in [-0.2, -0.15) is 0 Å². The van der Waals surface area contributed by atoms with Crippen molar-refractivity contribution in [1.29, 1.82) is 0 Å². The molecule has 2 aliphatic rings. The van der Waals surface area contributed by atoms with Crippen molar-refractivity contribution in [2.75, 3.05) is 18.5 Å². The molecule has 0 aliphatic carbocycles. The standard InChI is InChI=1S/C25H22N2O/c1-26-15-13-20-17-21(11-12-23(20)26)24-22-10-6-5-7-18(22)14-16-27(24)25(28)19-8-3-2-4-9-19/h2-12,14,16-17,24H,13,15H2,1H3/t24-/m1/s1. The van der Waals surface area contributed by atoms with Gasteiger partial charge >= 0.3 is 0 Å². The summed E-state index contributed by atoms with van der Waals surface area (Å²) in [4.78, 5) is 17.5. The Bertz CT molecular complexity index is 1070. The molecule has 138 valence electrons. The summed E-state index contributed by atoms with van der Waals surface area (Å²) in [7, 11) is 2.13. The molecule has 0 unspecified atom stereocenters. The van der Waals surface area contributed by atoms with E-state index < -0.39 is 0 Å². The van der Waals surface area contributed by atoms with Gasteiger partial charge in [0.25, 0.3) is 5.91 Å². The van der Waals surface area contributed by atoms with E-state index in [1.807, 2.05) is 53.6 Å². The average Bonchev–Trinajstić information content (AvgIpc) is 3.13. The average molecular weight is 366 g/mol. The normalized spacial score (nSPS) is 17.4. The Morgan fingerprint density at radius 2 is 1.75 bits per heavy atom. The van der Waals surface area contributed by atoms with Crippen LogP contribution < -0.4 is 4.90 Å². The summed E-state index contributed by atoms with van der Waals surface area (Å²) in [5, 5.41) is 0. The van der Waals surface area contributed by atoms with Crippen LogP contribution in [-0.2, 0) is 6.42 Å². The molecule has 0 N–H and O–H groups in total. The number of carbonyl (C=O) groups excluding carboxylic acids is 1. The first kappa shape index (κ1) is 16.8. The van der Waals surface area contributed by atoms with Crippen LogP contribution in [0.2, 0.25) is 0 Å². The zero-order valence-electron chi connectivity index (χ0n) is 15.9. The lowest BCUT2D eigenvalue weighted by Gasteiger charge is -2.34. The minimum atomic E-state index is -0.120. The van der Waals surface area contributed by atoms with E-state index in [0.29, 0.717) is 5.56 Å². The highest BCUT2D eigenvalue weighted by molar-refractivity contribution is 5.96. The molecule has 0 radical (unpaired) electrons. The molecule has 3 aromatic rings. The van der Waals surface area contributed by atoms with E-state index in [9.17, 15) is 4.79 Å². The number of nitrogens with zero attached hydrogens (tertiary/aromatic N) is 2. The van der Waals surface area contributed by atoms with Crippen LogP contribution in [0.1, 0.15) is 38.7 Å². The molecule has 0 bridgehead atoms. The van der Waals surface area contributed by atoms with E-state index >= 15 is 0 Å². The summed E-state index contributed by atoms with van der Waals surface area (Å²) < 4.78 is 0. The second-order valence-electron chi connectivity index (χ2n) is 7.49. The van der Waals surface area contributed by atoms with Crippen LogP contribution in [0, 0.1) is 0 Å². The van der Waals surface area contributed by atoms with Crippen LogP contribution in [0.5, 0.6) is 0 Å². The molecule has 5 rings (SSSR count). The minimum absolute atomic E-state index is 0.0222. The van der Waals surface area contributed by atoms with Crippen LogP contribution in [0.15, 0.2) is 79.0 Å². The Morgan fingerprint density at radius 1 is 0.964 bits per heavy atom. The van der Waals surface area contributed by atoms with Crippen molar-refractivity contribution in [2.24, 2.45) is 0 Å². The van der Waals surface area contributed by atoms with Crippen molar-refractivity contribution in [1.82, 2.24) is 4.90 Å². The van der Waals surface area contributed by atoms with Crippen molar-refractivity contribution in [3.8, 4) is 0 Å². The van der Waals surface area contributed by atoms with Gasteiger partial charge in [0.1, 0.15) is 0 Å². The number of amides is 1. The van der Waals surface area contributed by atoms with Gasteiger partial charge in [0.2, 0.25) is 0 Å². The van der Waals surface area contributed by atoms with Crippen molar-refractivity contribution >= 4 is 17.7 Å². The molecule has 0 spiro atoms. The third-order valence-corrected chi connectivity index (χ3v) is 5.79. The molecule has 0 fully saturated rings. The zero-order valence-corrected chi connectivity index (χ0v) is 15.9. The summed E-state index contributed by atoms with van der Waals surface area (Å²) in [6.07, 6.45) is 5.02. The number of benzene rings is 3. The number of fused-ring (bicyclic) bond motifs is 2. The minimum Gasteiger partial charge on any atom is -0.374 e. The van der Waals surface area contributed by atoms with Gasteiger partial charge in [0.15, 0.2) is 0 Å². The fourth-order valence-electron chi connectivity index (χ4n) is 4.32. The predicted octanol–water partition coefficient (Wildman–Crippen LogP) is 4.90. The molecule has 3 aromatic carbocycles. The molecular weight excluding hydrogens is 344 g/mol. The Hall–Kier alpha value is -3.33. The van der Waals surface area contributed by atoms with Crippen LogP contribution in [-0.4, -0.2) is 24.4 Å². The lowest BCUT2D eigenvalue weighted by atomic mass is 9.89. The van der Waals surface area contributed by atoms with Crippen molar-refractivity contribution < 1.29 is 4.79 Å². The smallest absolute Gasteiger partial charge is 0.258 e. The van der Waals surface area contributed by atoms with Gasteiger partial charge in [0, 0.05) is 31.0 Å². The zero-order chi connectivity index (χ0) is 19.1. The Labute approximate surface area is 165 Å². The van der Waals surface area contributed by atoms with E-state index in [-0.39, 0.29) is 11.9 Å². The third kappa shape index (κ3) is 2.71. The van der Waals surface area contributed by atoms with E-state index in [4.69, 9.17) is 0 Å². The fraction of sp³-hybridized carbons (Fsp3) is 0.160. The van der Waals surface area contributed by atoms with Gasteiger partial charge in [-0.3, -0.25) is 4.79 Å². The van der Waals surface area contributed by atoms with Crippen LogP contribution in [0.25, 0.3) is 6.08 Å². The lowest BCUT2D eigenvalue weighted by molar-refractivity contribution is 0.0787. The Balaban J connectivity index is 1.62. The quantitative estimate of drug-likeness (QED) is 0.644. The highest BCUT2D eigenvalue weighted by Gasteiger charge is 2.31. The monoisotopic (exact) mass is 366 g/mol. The fourth-order valence-corrected chi connectivity index (χ4v) is 4.32. The molecule has 3 heteroatoms. The van der Waals surface area contributed by atoms with Gasteiger partial charge < -0.3 is 9.80 Å². The van der Waals surface area contributed by atoms with Crippen LogP contribution in [0.3, 0.4) is 0 Å². The van der Waals surface area contributed by atoms with Crippen LogP contribution in [0.4, 0.5) is 5.69 Å². The molecular formula is C25H22N2O. The second kappa shape index (κ2) is 6.68. The van der Waals surface area contributed by atoms with Gasteiger partial charge in [-0.15, -0.1) is 0 Å². The third-order valence-electron chi connectivity index (χ3n) is 5.79. The molecule has 0 saturated heterocycles. The highest BCUT2D eigenvalue weighted by Crippen LogP contribution is 2.39. The first-order valence-corrected chi connectivity index (χ1v) is 9.71. The topological polar surface area (TPSA) is 23.6 Å². The highest BCUT2D eigenvalue weighted by atomic mass is 16.2. The first-order chi connectivity index (χ1) is 13.7. The molecule has 3 nitrogen and oxygen atoms in total. The van der Waals surface area contributed by atoms with E-state index in [1.165, 1.54) is 22.4 Å². The molecule has 2 aliphatic heterocycles. The summed E-state index contributed by atoms with van der Waals surface area (Å²) in [5.41, 5.74) is 6.86. The first-order valence-electron chi connectivity index (χ1n) is 9.71. The van der Waals surface area contributed by atoms with E-state index in [2.05, 4.69) is 48.3 Å². The predicted molar refractivity (Wildman–Crippen MR) is 113 cm³/mol. The summed E-state index contributed by atoms with van der Waals surface area (Å²) in [5.74, 6) is 0.0222. The molecule has 2 heterocycles. The number of anilines is 1. The Kier molecular flexibility index (Phi) is 4.01. The van der Waals surface area contributed by atoms with Crippen LogP contribution >= 0.6 is 0 Å². The lowest BCUT2D eigenvalue weighted by Crippen LogP contribution is -2.33. The summed E-state index contributed by atoms with van der Waals surface area (Å²) >= 11 is 0. The molecule has 0 aromatic heterocycles.